The molecule has 0 spiro atoms. The van der Waals surface area contributed by atoms with E-state index >= 15 is 0 Å². The molecule has 3 aromatic rings. The van der Waals surface area contributed by atoms with Crippen molar-refractivity contribution in [2.45, 2.75) is 32.7 Å². The maximum Gasteiger partial charge on any atom is 0.127 e. The molecule has 0 fully saturated rings. The highest BCUT2D eigenvalue weighted by Gasteiger charge is 2.09. The third-order valence-corrected chi connectivity index (χ3v) is 3.97. The molecule has 3 rings (SSSR count). The average Bonchev–Trinajstić information content (AvgIpc) is 2.92. The first kappa shape index (κ1) is 14.6. The summed E-state index contributed by atoms with van der Waals surface area (Å²) >= 11 is 0. The quantitative estimate of drug-likeness (QED) is 0.757. The van der Waals surface area contributed by atoms with Crippen LogP contribution in [0.4, 0.5) is 5.82 Å². The molecule has 4 heteroatoms. The van der Waals surface area contributed by atoms with E-state index in [1.165, 1.54) is 5.39 Å². The maximum atomic E-state index is 6.15. The van der Waals surface area contributed by atoms with Crippen molar-refractivity contribution in [3.8, 4) is 5.69 Å². The fourth-order valence-corrected chi connectivity index (χ4v) is 2.80. The number of anilines is 1. The van der Waals surface area contributed by atoms with Gasteiger partial charge in [0.1, 0.15) is 5.82 Å². The average molecular weight is 294 g/mol. The van der Waals surface area contributed by atoms with Crippen LogP contribution in [0.25, 0.3) is 16.5 Å². The summed E-state index contributed by atoms with van der Waals surface area (Å²) in [5.41, 5.74) is 15.2. The zero-order chi connectivity index (χ0) is 15.5. The van der Waals surface area contributed by atoms with Gasteiger partial charge in [-0.3, -0.25) is 0 Å². The molecule has 0 bridgehead atoms. The molecule has 1 heterocycles. The summed E-state index contributed by atoms with van der Waals surface area (Å²) in [6.45, 7) is 2.68. The minimum Gasteiger partial charge on any atom is -0.384 e. The van der Waals surface area contributed by atoms with Gasteiger partial charge in [0.2, 0.25) is 0 Å². The van der Waals surface area contributed by atoms with Crippen molar-refractivity contribution in [3.05, 3.63) is 53.7 Å². The Kier molecular flexibility index (Phi) is 4.11. The summed E-state index contributed by atoms with van der Waals surface area (Å²) < 4.78 is 1.82. The van der Waals surface area contributed by atoms with Crippen molar-refractivity contribution in [2.24, 2.45) is 5.73 Å². The van der Waals surface area contributed by atoms with E-state index in [4.69, 9.17) is 11.5 Å². The van der Waals surface area contributed by atoms with Gasteiger partial charge < -0.3 is 11.5 Å². The number of hydrogen-bond donors (Lipinski definition) is 2. The molecular weight excluding hydrogens is 272 g/mol. The predicted molar refractivity (Wildman–Crippen MR) is 92.0 cm³/mol. The van der Waals surface area contributed by atoms with E-state index in [1.54, 1.807) is 0 Å². The van der Waals surface area contributed by atoms with Crippen LogP contribution in [0.5, 0.6) is 0 Å². The molecule has 0 aliphatic heterocycles. The molecule has 114 valence electrons. The number of fused-ring (bicyclic) bond motifs is 1. The Labute approximate surface area is 130 Å². The van der Waals surface area contributed by atoms with Gasteiger partial charge in [0, 0.05) is 12.6 Å². The highest BCUT2D eigenvalue weighted by molar-refractivity contribution is 5.87. The highest BCUT2D eigenvalue weighted by atomic mass is 15.3. The van der Waals surface area contributed by atoms with Gasteiger partial charge in [0.25, 0.3) is 0 Å². The second-order valence-electron chi connectivity index (χ2n) is 5.61. The molecular formula is C18H22N4. The molecule has 0 aliphatic rings. The van der Waals surface area contributed by atoms with Crippen molar-refractivity contribution in [1.82, 2.24) is 9.78 Å². The number of nitrogen functional groups attached to an aromatic ring is 1. The Morgan fingerprint density at radius 1 is 1.14 bits per heavy atom. The van der Waals surface area contributed by atoms with Gasteiger partial charge >= 0.3 is 0 Å². The number of rotatable bonds is 5. The van der Waals surface area contributed by atoms with Gasteiger partial charge in [-0.2, -0.15) is 5.10 Å². The molecule has 4 nitrogen and oxygen atoms in total. The molecule has 0 saturated carbocycles. The molecule has 2 aromatic carbocycles. The molecule has 0 amide bonds. The number of nitrogens with two attached hydrogens (primary N) is 2. The monoisotopic (exact) mass is 294 g/mol. The van der Waals surface area contributed by atoms with E-state index in [-0.39, 0.29) is 0 Å². The molecule has 0 unspecified atom stereocenters. The lowest BCUT2D eigenvalue weighted by atomic mass is 10.0. The SMILES string of the molecule is CCCCc1cc(N)n(-c2cc(CN)c3ccccc3c2)n1. The van der Waals surface area contributed by atoms with E-state index in [1.807, 2.05) is 22.9 Å². The number of unbranched alkanes of at least 4 members (excludes halogenated alkanes) is 1. The highest BCUT2D eigenvalue weighted by Crippen LogP contribution is 2.25. The Morgan fingerprint density at radius 2 is 1.95 bits per heavy atom. The maximum absolute atomic E-state index is 6.15. The molecule has 0 saturated heterocycles. The topological polar surface area (TPSA) is 69.9 Å². The third kappa shape index (κ3) is 2.70. The zero-order valence-corrected chi connectivity index (χ0v) is 12.9. The van der Waals surface area contributed by atoms with Gasteiger partial charge in [-0.25, -0.2) is 4.68 Å². The summed E-state index contributed by atoms with van der Waals surface area (Å²) in [6, 6.07) is 14.4. The molecule has 0 atom stereocenters. The lowest BCUT2D eigenvalue weighted by Crippen LogP contribution is -2.05. The van der Waals surface area contributed by atoms with Crippen LogP contribution in [0, 0.1) is 0 Å². The number of aromatic nitrogens is 2. The van der Waals surface area contributed by atoms with Crippen molar-refractivity contribution in [3.63, 3.8) is 0 Å². The first-order valence-corrected chi connectivity index (χ1v) is 7.79. The number of nitrogens with zero attached hydrogens (tertiary/aromatic N) is 2. The van der Waals surface area contributed by atoms with Crippen LogP contribution in [0.1, 0.15) is 31.0 Å². The fraction of sp³-hybridized carbons (Fsp3) is 0.278. The van der Waals surface area contributed by atoms with Crippen molar-refractivity contribution in [1.29, 1.82) is 0 Å². The van der Waals surface area contributed by atoms with Crippen LogP contribution in [-0.2, 0) is 13.0 Å². The van der Waals surface area contributed by atoms with Crippen molar-refractivity contribution >= 4 is 16.6 Å². The Morgan fingerprint density at radius 3 is 2.73 bits per heavy atom. The molecule has 22 heavy (non-hydrogen) atoms. The second-order valence-corrected chi connectivity index (χ2v) is 5.61. The summed E-state index contributed by atoms with van der Waals surface area (Å²) in [6.07, 6.45) is 3.24. The van der Waals surface area contributed by atoms with E-state index in [0.29, 0.717) is 12.4 Å². The Bertz CT molecular complexity index is 789. The number of aryl methyl sites for hydroxylation is 1. The standard InChI is InChI=1S/C18H22N4/c1-2-3-7-15-11-18(20)22(21-15)16-9-13-6-4-5-8-17(13)14(10-16)12-19/h4-6,8-11H,2-3,7,12,19-20H2,1H3. The molecule has 0 aliphatic carbocycles. The fourth-order valence-electron chi connectivity index (χ4n) is 2.80. The van der Waals surface area contributed by atoms with Crippen molar-refractivity contribution < 1.29 is 0 Å². The Balaban J connectivity index is 2.08. The van der Waals surface area contributed by atoms with Crippen LogP contribution >= 0.6 is 0 Å². The number of benzene rings is 2. The normalized spacial score (nSPS) is 11.2. The van der Waals surface area contributed by atoms with Gasteiger partial charge in [-0.15, -0.1) is 0 Å². The lowest BCUT2D eigenvalue weighted by Gasteiger charge is -2.10. The summed E-state index contributed by atoms with van der Waals surface area (Å²) in [4.78, 5) is 0. The van der Waals surface area contributed by atoms with Crippen LogP contribution < -0.4 is 11.5 Å². The van der Waals surface area contributed by atoms with Crippen LogP contribution in [-0.4, -0.2) is 9.78 Å². The lowest BCUT2D eigenvalue weighted by molar-refractivity contribution is 0.753. The van der Waals surface area contributed by atoms with E-state index in [2.05, 4.69) is 36.3 Å². The van der Waals surface area contributed by atoms with Crippen LogP contribution in [0.15, 0.2) is 42.5 Å². The minimum absolute atomic E-state index is 0.498. The molecule has 4 N–H and O–H groups in total. The van der Waals surface area contributed by atoms with Gasteiger partial charge in [-0.05, 0) is 41.3 Å². The molecule has 1 aromatic heterocycles. The van der Waals surface area contributed by atoms with Crippen LogP contribution in [0.3, 0.4) is 0 Å². The third-order valence-electron chi connectivity index (χ3n) is 3.97. The second kappa shape index (κ2) is 6.20. The van der Waals surface area contributed by atoms with Gasteiger partial charge in [-0.1, -0.05) is 37.6 Å². The van der Waals surface area contributed by atoms with Gasteiger partial charge in [0.05, 0.1) is 11.4 Å². The van der Waals surface area contributed by atoms with Crippen molar-refractivity contribution in [2.75, 3.05) is 5.73 Å². The van der Waals surface area contributed by atoms with E-state index in [9.17, 15) is 0 Å². The summed E-state index contributed by atoms with van der Waals surface area (Å²) in [5.74, 6) is 0.671. The Hall–Kier alpha value is -2.33. The predicted octanol–water partition coefficient (Wildman–Crippen LogP) is 3.41. The largest absolute Gasteiger partial charge is 0.384 e. The smallest absolute Gasteiger partial charge is 0.127 e. The zero-order valence-electron chi connectivity index (χ0n) is 12.9. The van der Waals surface area contributed by atoms with E-state index in [0.717, 1.165) is 41.6 Å². The number of hydrogen-bond acceptors (Lipinski definition) is 3. The summed E-state index contributed by atoms with van der Waals surface area (Å²) in [7, 11) is 0. The molecule has 0 radical (unpaired) electrons. The van der Waals surface area contributed by atoms with Gasteiger partial charge in [0.15, 0.2) is 0 Å². The van der Waals surface area contributed by atoms with Crippen LogP contribution in [0.2, 0.25) is 0 Å². The summed E-state index contributed by atoms with van der Waals surface area (Å²) in [5, 5.41) is 6.99. The first-order chi connectivity index (χ1) is 10.7. The first-order valence-electron chi connectivity index (χ1n) is 7.79. The minimum atomic E-state index is 0.498. The van der Waals surface area contributed by atoms with E-state index < -0.39 is 0 Å².